The van der Waals surface area contributed by atoms with Gasteiger partial charge in [-0.25, -0.2) is 4.39 Å². The zero-order valence-electron chi connectivity index (χ0n) is 17.6. The third-order valence-electron chi connectivity index (χ3n) is 4.89. The summed E-state index contributed by atoms with van der Waals surface area (Å²) in [7, 11) is 1.47. The summed E-state index contributed by atoms with van der Waals surface area (Å²) in [6.45, 7) is 10.1. The quantitative estimate of drug-likeness (QED) is 0.599. The van der Waals surface area contributed by atoms with Crippen LogP contribution in [0.4, 0.5) is 4.39 Å². The second-order valence-electron chi connectivity index (χ2n) is 8.21. The van der Waals surface area contributed by atoms with E-state index in [0.29, 0.717) is 28.5 Å². The number of hydrogen-bond donors (Lipinski definition) is 1. The molecule has 5 heteroatoms. The Kier molecular flexibility index (Phi) is 5.51. The molecule has 0 amide bonds. The first-order valence-electron chi connectivity index (χ1n) is 9.46. The minimum Gasteiger partial charge on any atom is -0.493 e. The minimum atomic E-state index is -0.406. The number of ether oxygens (including phenoxy) is 2. The highest BCUT2D eigenvalue weighted by Crippen LogP contribution is 2.41. The monoisotopic (exact) mass is 395 g/mol. The van der Waals surface area contributed by atoms with Gasteiger partial charge in [-0.15, -0.1) is 0 Å². The van der Waals surface area contributed by atoms with Gasteiger partial charge < -0.3 is 14.5 Å². The molecule has 0 unspecified atom stereocenters. The van der Waals surface area contributed by atoms with Crippen molar-refractivity contribution in [3.05, 3.63) is 75.3 Å². The molecule has 0 bridgehead atoms. The van der Waals surface area contributed by atoms with Gasteiger partial charge in [0.05, 0.1) is 12.8 Å². The number of pyridine rings is 1. The Bertz CT molecular complexity index is 1110. The standard InChI is InChI=1S/C24H26FNO3/c1-14-9-16(24(3,4)5)10-22(23(14)18-12-19(27)15(2)13-26-18)29-20-8-7-17(25)11-21(20)28-6/h7-13H,1-6H3,(H,26,27). The molecule has 0 radical (unpaired) electrons. The minimum absolute atomic E-state index is 0.0524. The fourth-order valence-electron chi connectivity index (χ4n) is 3.15. The Balaban J connectivity index is 2.23. The second kappa shape index (κ2) is 7.74. The van der Waals surface area contributed by atoms with Crippen LogP contribution in [0.1, 0.15) is 37.5 Å². The number of aromatic amines is 1. The van der Waals surface area contributed by atoms with Crippen molar-refractivity contribution in [2.75, 3.05) is 7.11 Å². The Morgan fingerprint density at radius 3 is 2.28 bits per heavy atom. The molecular formula is C24H26FNO3. The summed E-state index contributed by atoms with van der Waals surface area (Å²) in [6.07, 6.45) is 1.69. The van der Waals surface area contributed by atoms with Crippen molar-refractivity contribution in [3.8, 4) is 28.5 Å². The average Bonchev–Trinajstić information content (AvgIpc) is 2.64. The molecule has 29 heavy (non-hydrogen) atoms. The van der Waals surface area contributed by atoms with Crippen LogP contribution in [0.2, 0.25) is 0 Å². The van der Waals surface area contributed by atoms with Crippen molar-refractivity contribution in [2.24, 2.45) is 0 Å². The topological polar surface area (TPSA) is 51.3 Å². The van der Waals surface area contributed by atoms with Crippen LogP contribution in [-0.2, 0) is 5.41 Å². The lowest BCUT2D eigenvalue weighted by Crippen LogP contribution is -2.12. The third kappa shape index (κ3) is 4.34. The van der Waals surface area contributed by atoms with Crippen molar-refractivity contribution in [3.63, 3.8) is 0 Å². The molecule has 0 spiro atoms. The highest BCUT2D eigenvalue weighted by molar-refractivity contribution is 5.73. The number of nitrogens with one attached hydrogen (secondary N) is 1. The summed E-state index contributed by atoms with van der Waals surface area (Å²) < 4.78 is 25.1. The molecule has 0 atom stereocenters. The molecule has 152 valence electrons. The van der Waals surface area contributed by atoms with Crippen molar-refractivity contribution in [1.29, 1.82) is 0 Å². The fourth-order valence-corrected chi connectivity index (χ4v) is 3.15. The average molecular weight is 395 g/mol. The molecule has 0 aliphatic carbocycles. The first-order valence-corrected chi connectivity index (χ1v) is 9.46. The Hall–Kier alpha value is -3.08. The number of H-pyrrole nitrogens is 1. The predicted octanol–water partition coefficient (Wildman–Crippen LogP) is 5.90. The largest absolute Gasteiger partial charge is 0.493 e. The summed E-state index contributed by atoms with van der Waals surface area (Å²) >= 11 is 0. The van der Waals surface area contributed by atoms with Crippen molar-refractivity contribution in [2.45, 2.75) is 40.0 Å². The summed E-state index contributed by atoms with van der Waals surface area (Å²) in [5.41, 5.74) is 3.98. The number of aromatic nitrogens is 1. The van der Waals surface area contributed by atoms with Crippen LogP contribution in [0, 0.1) is 19.7 Å². The van der Waals surface area contributed by atoms with E-state index in [1.807, 2.05) is 13.0 Å². The van der Waals surface area contributed by atoms with Crippen LogP contribution in [0.25, 0.3) is 11.3 Å². The van der Waals surface area contributed by atoms with Gasteiger partial charge in [0.15, 0.2) is 16.9 Å². The van der Waals surface area contributed by atoms with Crippen LogP contribution < -0.4 is 14.9 Å². The van der Waals surface area contributed by atoms with Gasteiger partial charge in [-0.3, -0.25) is 4.79 Å². The van der Waals surface area contributed by atoms with Crippen molar-refractivity contribution in [1.82, 2.24) is 4.98 Å². The lowest BCUT2D eigenvalue weighted by molar-refractivity contribution is 0.375. The number of rotatable bonds is 4. The highest BCUT2D eigenvalue weighted by Gasteiger charge is 2.21. The van der Waals surface area contributed by atoms with Gasteiger partial charge in [0.25, 0.3) is 0 Å². The van der Waals surface area contributed by atoms with Gasteiger partial charge in [0, 0.05) is 29.5 Å². The molecule has 0 fully saturated rings. The molecular weight excluding hydrogens is 369 g/mol. The summed E-state index contributed by atoms with van der Waals surface area (Å²) in [5.74, 6) is 0.860. The molecule has 1 aromatic heterocycles. The second-order valence-corrected chi connectivity index (χ2v) is 8.21. The summed E-state index contributed by atoms with van der Waals surface area (Å²) in [4.78, 5) is 15.4. The first-order chi connectivity index (χ1) is 13.6. The van der Waals surface area contributed by atoms with Crippen molar-refractivity contribution >= 4 is 0 Å². The maximum Gasteiger partial charge on any atom is 0.185 e. The van der Waals surface area contributed by atoms with Crippen LogP contribution in [0.5, 0.6) is 17.2 Å². The fraction of sp³-hybridized carbons (Fsp3) is 0.292. The van der Waals surface area contributed by atoms with E-state index in [4.69, 9.17) is 9.47 Å². The number of benzene rings is 2. The Morgan fingerprint density at radius 2 is 1.66 bits per heavy atom. The molecule has 3 aromatic rings. The van der Waals surface area contributed by atoms with Gasteiger partial charge in [0.1, 0.15) is 11.6 Å². The smallest absolute Gasteiger partial charge is 0.185 e. The molecule has 0 saturated carbocycles. The molecule has 1 heterocycles. The molecule has 3 rings (SSSR count). The number of methoxy groups -OCH3 is 1. The van der Waals surface area contributed by atoms with Crippen LogP contribution in [0.3, 0.4) is 0 Å². The zero-order valence-corrected chi connectivity index (χ0v) is 17.6. The SMILES string of the molecule is COc1cc(F)ccc1Oc1cc(C(C)(C)C)cc(C)c1-c1cc(=O)c(C)c[nH]1. The molecule has 0 aliphatic heterocycles. The molecule has 4 nitrogen and oxygen atoms in total. The number of aryl methyl sites for hydroxylation is 2. The zero-order chi connectivity index (χ0) is 21.3. The summed E-state index contributed by atoms with van der Waals surface area (Å²) in [5, 5.41) is 0. The van der Waals surface area contributed by atoms with Crippen LogP contribution in [0.15, 0.2) is 47.4 Å². The van der Waals surface area contributed by atoms with Gasteiger partial charge >= 0.3 is 0 Å². The predicted molar refractivity (Wildman–Crippen MR) is 114 cm³/mol. The molecule has 0 aliphatic rings. The van der Waals surface area contributed by atoms with E-state index >= 15 is 0 Å². The van der Waals surface area contributed by atoms with Gasteiger partial charge in [-0.05, 0) is 48.6 Å². The third-order valence-corrected chi connectivity index (χ3v) is 4.89. The normalized spacial score (nSPS) is 11.4. The Morgan fingerprint density at radius 1 is 0.931 bits per heavy atom. The van der Waals surface area contributed by atoms with E-state index in [9.17, 15) is 9.18 Å². The van der Waals surface area contributed by atoms with E-state index in [2.05, 4.69) is 31.8 Å². The van der Waals surface area contributed by atoms with E-state index in [-0.39, 0.29) is 10.8 Å². The maximum atomic E-state index is 13.6. The molecule has 2 aromatic carbocycles. The Labute approximate surface area is 170 Å². The number of hydrogen-bond acceptors (Lipinski definition) is 3. The van der Waals surface area contributed by atoms with Crippen LogP contribution >= 0.6 is 0 Å². The van der Waals surface area contributed by atoms with E-state index in [1.54, 1.807) is 19.2 Å². The van der Waals surface area contributed by atoms with Crippen molar-refractivity contribution < 1.29 is 13.9 Å². The van der Waals surface area contributed by atoms with Gasteiger partial charge in [-0.1, -0.05) is 26.8 Å². The van der Waals surface area contributed by atoms with E-state index in [1.165, 1.54) is 25.3 Å². The van der Waals surface area contributed by atoms with Gasteiger partial charge in [-0.2, -0.15) is 0 Å². The lowest BCUT2D eigenvalue weighted by atomic mass is 9.84. The number of halogens is 1. The van der Waals surface area contributed by atoms with Gasteiger partial charge in [0.2, 0.25) is 0 Å². The van der Waals surface area contributed by atoms with Crippen LogP contribution in [-0.4, -0.2) is 12.1 Å². The summed E-state index contributed by atoms with van der Waals surface area (Å²) in [6, 6.07) is 9.78. The highest BCUT2D eigenvalue weighted by atomic mass is 19.1. The lowest BCUT2D eigenvalue weighted by Gasteiger charge is -2.23. The van der Waals surface area contributed by atoms with E-state index < -0.39 is 5.82 Å². The van der Waals surface area contributed by atoms with E-state index in [0.717, 1.165) is 16.7 Å². The molecule has 0 saturated heterocycles. The first kappa shape index (κ1) is 20.6. The molecule has 1 N–H and O–H groups in total. The maximum absolute atomic E-state index is 13.6.